The molecule has 1 aromatic rings. The van der Waals surface area contributed by atoms with E-state index in [1.54, 1.807) is 18.0 Å². The smallest absolute Gasteiger partial charge is 0.113 e. The topological polar surface area (TPSA) is 22.4 Å². The molecule has 0 aromatic carbocycles. The van der Waals surface area contributed by atoms with Crippen molar-refractivity contribution in [3.8, 4) is 0 Å². The van der Waals surface area contributed by atoms with E-state index in [0.717, 1.165) is 23.9 Å². The lowest BCUT2D eigenvalue weighted by molar-refractivity contribution is 0.166. The third-order valence-electron chi connectivity index (χ3n) is 1.42. The monoisotopic (exact) mass is 220 g/mol. The van der Waals surface area contributed by atoms with E-state index < -0.39 is 0 Å². The van der Waals surface area contributed by atoms with E-state index in [1.807, 2.05) is 12.1 Å². The van der Waals surface area contributed by atoms with Crippen LogP contribution in [0.1, 0.15) is 5.76 Å². The minimum atomic E-state index is 0.572. The summed E-state index contributed by atoms with van der Waals surface area (Å²) in [4.78, 5) is 0. The standard InChI is InChI=1S/C9H13ClO2S/c10-3-5-11-6-7-13-8-9-2-1-4-12-9/h1-2,4H,3,5-8H2. The SMILES string of the molecule is ClCCOCCSCc1ccco1. The molecule has 13 heavy (non-hydrogen) atoms. The Kier molecular flexibility index (Phi) is 6.15. The highest BCUT2D eigenvalue weighted by atomic mass is 35.5. The average molecular weight is 221 g/mol. The maximum absolute atomic E-state index is 5.45. The molecule has 1 aromatic heterocycles. The molecule has 0 aliphatic carbocycles. The Hall–Kier alpha value is -0.120. The molecule has 0 aliphatic heterocycles. The molecule has 0 spiro atoms. The van der Waals surface area contributed by atoms with Crippen molar-refractivity contribution in [1.82, 2.24) is 0 Å². The van der Waals surface area contributed by atoms with Gasteiger partial charge in [0.1, 0.15) is 5.76 Å². The third-order valence-corrected chi connectivity index (χ3v) is 2.52. The molecule has 2 nitrogen and oxygen atoms in total. The Balaban J connectivity index is 1.90. The van der Waals surface area contributed by atoms with E-state index >= 15 is 0 Å². The van der Waals surface area contributed by atoms with E-state index in [1.165, 1.54) is 0 Å². The zero-order valence-corrected chi connectivity index (χ0v) is 8.94. The van der Waals surface area contributed by atoms with Gasteiger partial charge in [0.2, 0.25) is 0 Å². The van der Waals surface area contributed by atoms with E-state index in [-0.39, 0.29) is 0 Å². The van der Waals surface area contributed by atoms with Crippen molar-refractivity contribution in [1.29, 1.82) is 0 Å². The number of furan rings is 1. The lowest BCUT2D eigenvalue weighted by atomic mass is 10.5. The fourth-order valence-electron chi connectivity index (χ4n) is 0.842. The van der Waals surface area contributed by atoms with Crippen LogP contribution < -0.4 is 0 Å². The van der Waals surface area contributed by atoms with E-state index in [4.69, 9.17) is 20.8 Å². The van der Waals surface area contributed by atoms with Crippen LogP contribution in [0.3, 0.4) is 0 Å². The third kappa shape index (κ3) is 5.24. The minimum absolute atomic E-state index is 0.572. The molecule has 0 aliphatic rings. The molecule has 1 rings (SSSR count). The van der Waals surface area contributed by atoms with Crippen LogP contribution >= 0.6 is 23.4 Å². The van der Waals surface area contributed by atoms with Crippen LogP contribution in [-0.2, 0) is 10.5 Å². The van der Waals surface area contributed by atoms with Crippen LogP contribution in [0.4, 0.5) is 0 Å². The van der Waals surface area contributed by atoms with Gasteiger partial charge in [-0.15, -0.1) is 11.6 Å². The average Bonchev–Trinajstić information content (AvgIpc) is 2.63. The predicted molar refractivity (Wildman–Crippen MR) is 56.4 cm³/mol. The molecule has 0 unspecified atom stereocenters. The number of alkyl halides is 1. The lowest BCUT2D eigenvalue weighted by Crippen LogP contribution is -1.99. The Bertz CT molecular complexity index is 201. The molecule has 0 saturated heterocycles. The fourth-order valence-corrected chi connectivity index (χ4v) is 1.70. The van der Waals surface area contributed by atoms with Crippen molar-refractivity contribution in [2.45, 2.75) is 5.75 Å². The highest BCUT2D eigenvalue weighted by molar-refractivity contribution is 7.98. The zero-order chi connectivity index (χ0) is 9.36. The molecule has 0 bridgehead atoms. The van der Waals surface area contributed by atoms with E-state index in [0.29, 0.717) is 12.5 Å². The molecule has 0 fully saturated rings. The first-order chi connectivity index (χ1) is 6.43. The molecule has 1 heterocycles. The van der Waals surface area contributed by atoms with Crippen LogP contribution in [0.2, 0.25) is 0 Å². The van der Waals surface area contributed by atoms with Gasteiger partial charge in [0.15, 0.2) is 0 Å². The predicted octanol–water partition coefficient (Wildman–Crippen LogP) is 2.77. The van der Waals surface area contributed by atoms with Crippen molar-refractivity contribution < 1.29 is 9.15 Å². The van der Waals surface area contributed by atoms with Crippen LogP contribution in [-0.4, -0.2) is 24.8 Å². The van der Waals surface area contributed by atoms with Crippen molar-refractivity contribution in [3.63, 3.8) is 0 Å². The summed E-state index contributed by atoms with van der Waals surface area (Å²) in [7, 11) is 0. The summed E-state index contributed by atoms with van der Waals surface area (Å²) in [5.41, 5.74) is 0. The summed E-state index contributed by atoms with van der Waals surface area (Å²) in [5.74, 6) is 3.49. The second-order valence-corrected chi connectivity index (χ2v) is 3.92. The van der Waals surface area contributed by atoms with Gasteiger partial charge < -0.3 is 9.15 Å². The Morgan fingerprint density at radius 2 is 2.38 bits per heavy atom. The summed E-state index contributed by atoms with van der Waals surface area (Å²) >= 11 is 7.25. The summed E-state index contributed by atoms with van der Waals surface area (Å²) < 4.78 is 10.4. The quantitative estimate of drug-likeness (QED) is 0.521. The first-order valence-electron chi connectivity index (χ1n) is 4.17. The van der Waals surface area contributed by atoms with Gasteiger partial charge in [-0.3, -0.25) is 0 Å². The molecule has 0 atom stereocenters. The van der Waals surface area contributed by atoms with Crippen molar-refractivity contribution in [3.05, 3.63) is 24.2 Å². The van der Waals surface area contributed by atoms with Crippen LogP contribution in [0.25, 0.3) is 0 Å². The Morgan fingerprint density at radius 3 is 3.08 bits per heavy atom. The number of rotatable bonds is 7. The summed E-state index contributed by atoms with van der Waals surface area (Å²) in [5, 5.41) is 0. The second-order valence-electron chi connectivity index (χ2n) is 2.43. The van der Waals surface area contributed by atoms with Crippen LogP contribution in [0.5, 0.6) is 0 Å². The molecule has 0 N–H and O–H groups in total. The minimum Gasteiger partial charge on any atom is -0.468 e. The number of hydrogen-bond acceptors (Lipinski definition) is 3. The van der Waals surface area contributed by atoms with Gasteiger partial charge in [-0.1, -0.05) is 0 Å². The number of ether oxygens (including phenoxy) is 1. The first-order valence-corrected chi connectivity index (χ1v) is 5.86. The molecule has 4 heteroatoms. The fraction of sp³-hybridized carbons (Fsp3) is 0.556. The summed E-state index contributed by atoms with van der Waals surface area (Å²) in [6, 6.07) is 3.88. The van der Waals surface area contributed by atoms with Crippen molar-refractivity contribution in [2.75, 3.05) is 24.8 Å². The second kappa shape index (κ2) is 7.30. The maximum Gasteiger partial charge on any atom is 0.113 e. The van der Waals surface area contributed by atoms with Gasteiger partial charge in [-0.05, 0) is 12.1 Å². The summed E-state index contributed by atoms with van der Waals surface area (Å²) in [6.45, 7) is 1.40. The Morgan fingerprint density at radius 1 is 1.46 bits per heavy atom. The van der Waals surface area contributed by atoms with Gasteiger partial charge in [0.05, 0.1) is 25.2 Å². The van der Waals surface area contributed by atoms with Gasteiger partial charge in [-0.25, -0.2) is 0 Å². The van der Waals surface area contributed by atoms with Gasteiger partial charge in [0.25, 0.3) is 0 Å². The first kappa shape index (κ1) is 11.0. The van der Waals surface area contributed by atoms with Crippen LogP contribution in [0.15, 0.2) is 22.8 Å². The molecule has 74 valence electrons. The number of thioether (sulfide) groups is 1. The Labute approximate surface area is 87.6 Å². The molecule has 0 radical (unpaired) electrons. The molecular formula is C9H13ClO2S. The van der Waals surface area contributed by atoms with Gasteiger partial charge >= 0.3 is 0 Å². The van der Waals surface area contributed by atoms with Gasteiger partial charge in [0, 0.05) is 11.6 Å². The van der Waals surface area contributed by atoms with E-state index in [2.05, 4.69) is 0 Å². The highest BCUT2D eigenvalue weighted by Crippen LogP contribution is 2.11. The zero-order valence-electron chi connectivity index (χ0n) is 7.37. The molecule has 0 saturated carbocycles. The highest BCUT2D eigenvalue weighted by Gasteiger charge is 1.95. The lowest BCUT2D eigenvalue weighted by Gasteiger charge is -2.00. The molecule has 0 amide bonds. The van der Waals surface area contributed by atoms with E-state index in [9.17, 15) is 0 Å². The van der Waals surface area contributed by atoms with Gasteiger partial charge in [-0.2, -0.15) is 11.8 Å². The maximum atomic E-state index is 5.45. The number of halogens is 1. The summed E-state index contributed by atoms with van der Waals surface area (Å²) in [6.07, 6.45) is 1.69. The van der Waals surface area contributed by atoms with Crippen molar-refractivity contribution in [2.24, 2.45) is 0 Å². The van der Waals surface area contributed by atoms with Crippen LogP contribution in [0, 0.1) is 0 Å². The normalized spacial score (nSPS) is 10.5. The number of hydrogen-bond donors (Lipinski definition) is 0. The largest absolute Gasteiger partial charge is 0.468 e. The van der Waals surface area contributed by atoms with Crippen molar-refractivity contribution >= 4 is 23.4 Å². The molecular weight excluding hydrogens is 208 g/mol.